The molecule has 1 aromatic rings. The normalized spacial score (nSPS) is 24.6. The van der Waals surface area contributed by atoms with Crippen molar-refractivity contribution >= 4 is 23.2 Å². The summed E-state index contributed by atoms with van der Waals surface area (Å²) in [4.78, 5) is 26.0. The lowest BCUT2D eigenvalue weighted by Crippen LogP contribution is -2.63. The monoisotopic (exact) mass is 266 g/mol. The van der Waals surface area contributed by atoms with Crippen LogP contribution in [0.4, 0.5) is 0 Å². The van der Waals surface area contributed by atoms with E-state index in [9.17, 15) is 9.59 Å². The zero-order valence-corrected chi connectivity index (χ0v) is 11.7. The maximum atomic E-state index is 12.2. The first-order valence-electron chi connectivity index (χ1n) is 6.12. The van der Waals surface area contributed by atoms with Gasteiger partial charge in [-0.1, -0.05) is 13.8 Å². The Morgan fingerprint density at radius 2 is 2.17 bits per heavy atom. The minimum Gasteiger partial charge on any atom is -0.343 e. The fourth-order valence-corrected chi connectivity index (χ4v) is 2.97. The first-order chi connectivity index (χ1) is 8.50. The molecule has 2 amide bonds. The van der Waals surface area contributed by atoms with E-state index in [1.807, 2.05) is 30.7 Å². The highest BCUT2D eigenvalue weighted by molar-refractivity contribution is 7.07. The minimum atomic E-state index is -0.425. The summed E-state index contributed by atoms with van der Waals surface area (Å²) < 4.78 is 0. The van der Waals surface area contributed by atoms with Gasteiger partial charge < -0.3 is 10.2 Å². The van der Waals surface area contributed by atoms with Gasteiger partial charge >= 0.3 is 0 Å². The molecule has 18 heavy (non-hydrogen) atoms. The van der Waals surface area contributed by atoms with Gasteiger partial charge in [-0.2, -0.15) is 11.3 Å². The summed E-state index contributed by atoms with van der Waals surface area (Å²) >= 11 is 1.60. The SMILES string of the molecule is CC1NC(=O)C(C(C)C)N(Cc2ccsc2)C1=O. The smallest absolute Gasteiger partial charge is 0.245 e. The van der Waals surface area contributed by atoms with Crippen molar-refractivity contribution < 1.29 is 9.59 Å². The van der Waals surface area contributed by atoms with Crippen molar-refractivity contribution in [3.8, 4) is 0 Å². The summed E-state index contributed by atoms with van der Waals surface area (Å²) in [5.41, 5.74) is 1.08. The summed E-state index contributed by atoms with van der Waals surface area (Å²) in [6, 6.07) is 1.20. The predicted molar refractivity (Wildman–Crippen MR) is 71.1 cm³/mol. The van der Waals surface area contributed by atoms with Crippen LogP contribution < -0.4 is 5.32 Å². The van der Waals surface area contributed by atoms with Crippen molar-refractivity contribution in [3.05, 3.63) is 22.4 Å². The topological polar surface area (TPSA) is 49.4 Å². The Labute approximate surface area is 111 Å². The second kappa shape index (κ2) is 5.10. The van der Waals surface area contributed by atoms with E-state index in [0.29, 0.717) is 6.54 Å². The molecule has 1 fully saturated rings. The van der Waals surface area contributed by atoms with Crippen molar-refractivity contribution in [3.63, 3.8) is 0 Å². The zero-order chi connectivity index (χ0) is 13.3. The third kappa shape index (κ3) is 2.41. The standard InChI is InChI=1S/C13H18N2O2S/c1-8(2)11-12(16)14-9(3)13(17)15(11)6-10-4-5-18-7-10/h4-5,7-9,11H,6H2,1-3H3,(H,14,16). The van der Waals surface area contributed by atoms with Gasteiger partial charge in [0, 0.05) is 6.54 Å². The molecule has 0 aromatic carbocycles. The maximum absolute atomic E-state index is 12.2. The Bertz CT molecular complexity index is 442. The van der Waals surface area contributed by atoms with Crippen LogP contribution in [0.2, 0.25) is 0 Å². The van der Waals surface area contributed by atoms with Crippen molar-refractivity contribution in [1.29, 1.82) is 0 Å². The zero-order valence-electron chi connectivity index (χ0n) is 10.8. The van der Waals surface area contributed by atoms with Crippen LogP contribution in [0.3, 0.4) is 0 Å². The molecule has 1 aliphatic rings. The number of rotatable bonds is 3. The lowest BCUT2D eigenvalue weighted by molar-refractivity contribution is -0.151. The van der Waals surface area contributed by atoms with Gasteiger partial charge in [-0.05, 0) is 35.2 Å². The van der Waals surface area contributed by atoms with Gasteiger partial charge in [-0.3, -0.25) is 9.59 Å². The van der Waals surface area contributed by atoms with Gasteiger partial charge in [0.1, 0.15) is 12.1 Å². The number of carbonyl (C=O) groups is 2. The Balaban J connectivity index is 2.25. The average Bonchev–Trinajstić information content (AvgIpc) is 2.77. The summed E-state index contributed by atoms with van der Waals surface area (Å²) in [6.07, 6.45) is 0. The van der Waals surface area contributed by atoms with Crippen molar-refractivity contribution in [2.75, 3.05) is 0 Å². The summed E-state index contributed by atoms with van der Waals surface area (Å²) in [5, 5.41) is 6.74. The molecular formula is C13H18N2O2S. The number of piperazine rings is 1. The molecule has 5 heteroatoms. The van der Waals surface area contributed by atoms with E-state index < -0.39 is 6.04 Å². The highest BCUT2D eigenvalue weighted by atomic mass is 32.1. The molecule has 4 nitrogen and oxygen atoms in total. The molecule has 1 aromatic heterocycles. The van der Waals surface area contributed by atoms with Gasteiger partial charge in [0.05, 0.1) is 0 Å². The summed E-state index contributed by atoms with van der Waals surface area (Å²) in [7, 11) is 0. The fourth-order valence-electron chi connectivity index (χ4n) is 2.31. The third-order valence-electron chi connectivity index (χ3n) is 3.18. The van der Waals surface area contributed by atoms with Crippen LogP contribution in [0.5, 0.6) is 0 Å². The van der Waals surface area contributed by atoms with Gasteiger partial charge in [-0.25, -0.2) is 0 Å². The Hall–Kier alpha value is -1.36. The maximum Gasteiger partial charge on any atom is 0.245 e. The van der Waals surface area contributed by atoms with Crippen molar-refractivity contribution in [2.45, 2.75) is 39.4 Å². The number of nitrogens with zero attached hydrogens (tertiary/aromatic N) is 1. The Morgan fingerprint density at radius 3 is 2.72 bits per heavy atom. The fraction of sp³-hybridized carbons (Fsp3) is 0.538. The van der Waals surface area contributed by atoms with E-state index in [0.717, 1.165) is 5.56 Å². The van der Waals surface area contributed by atoms with Crippen LogP contribution in [0.1, 0.15) is 26.3 Å². The van der Waals surface area contributed by atoms with Crippen LogP contribution in [0.25, 0.3) is 0 Å². The van der Waals surface area contributed by atoms with Crippen LogP contribution in [0.15, 0.2) is 16.8 Å². The molecule has 2 rings (SSSR count). The predicted octanol–water partition coefficient (Wildman–Crippen LogP) is 1.62. The first kappa shape index (κ1) is 13.1. The summed E-state index contributed by atoms with van der Waals surface area (Å²) in [6.45, 7) is 6.18. The molecule has 0 bridgehead atoms. The second-order valence-corrected chi connectivity index (χ2v) is 5.80. The lowest BCUT2D eigenvalue weighted by atomic mass is 9.97. The molecular weight excluding hydrogens is 248 g/mol. The molecule has 2 heterocycles. The molecule has 2 unspecified atom stereocenters. The lowest BCUT2D eigenvalue weighted by Gasteiger charge is -2.39. The number of carbonyl (C=O) groups excluding carboxylic acids is 2. The number of hydrogen-bond donors (Lipinski definition) is 1. The highest BCUT2D eigenvalue weighted by Crippen LogP contribution is 2.21. The van der Waals surface area contributed by atoms with Gasteiger partial charge in [0.15, 0.2) is 0 Å². The quantitative estimate of drug-likeness (QED) is 0.904. The van der Waals surface area contributed by atoms with Crippen LogP contribution in [0, 0.1) is 5.92 Å². The number of nitrogens with one attached hydrogen (secondary N) is 1. The van der Waals surface area contributed by atoms with Crippen LogP contribution in [-0.2, 0) is 16.1 Å². The van der Waals surface area contributed by atoms with Crippen LogP contribution >= 0.6 is 11.3 Å². The second-order valence-electron chi connectivity index (χ2n) is 5.02. The first-order valence-corrected chi connectivity index (χ1v) is 7.07. The molecule has 0 radical (unpaired) electrons. The molecule has 98 valence electrons. The Kier molecular flexibility index (Phi) is 3.71. The van der Waals surface area contributed by atoms with Crippen molar-refractivity contribution in [2.24, 2.45) is 5.92 Å². The van der Waals surface area contributed by atoms with Crippen LogP contribution in [-0.4, -0.2) is 28.8 Å². The number of thiophene rings is 1. The van der Waals surface area contributed by atoms with Crippen molar-refractivity contribution in [1.82, 2.24) is 10.2 Å². The number of amides is 2. The molecule has 0 spiro atoms. The summed E-state index contributed by atoms with van der Waals surface area (Å²) in [5.74, 6) is 0.0620. The van der Waals surface area contributed by atoms with Gasteiger partial charge in [0.25, 0.3) is 0 Å². The molecule has 1 saturated heterocycles. The van der Waals surface area contributed by atoms with Gasteiger partial charge in [0.2, 0.25) is 11.8 Å². The molecule has 1 N–H and O–H groups in total. The molecule has 2 atom stereocenters. The van der Waals surface area contributed by atoms with E-state index in [-0.39, 0.29) is 23.8 Å². The molecule has 0 saturated carbocycles. The largest absolute Gasteiger partial charge is 0.343 e. The Morgan fingerprint density at radius 1 is 1.44 bits per heavy atom. The molecule has 1 aliphatic heterocycles. The molecule has 0 aliphatic carbocycles. The third-order valence-corrected chi connectivity index (χ3v) is 3.91. The number of hydrogen-bond acceptors (Lipinski definition) is 3. The minimum absolute atomic E-state index is 0.000463. The van der Waals surface area contributed by atoms with E-state index in [1.165, 1.54) is 0 Å². The highest BCUT2D eigenvalue weighted by Gasteiger charge is 2.39. The van der Waals surface area contributed by atoms with E-state index in [1.54, 1.807) is 23.2 Å². The van der Waals surface area contributed by atoms with E-state index in [4.69, 9.17) is 0 Å². The van der Waals surface area contributed by atoms with Gasteiger partial charge in [-0.15, -0.1) is 0 Å². The van der Waals surface area contributed by atoms with E-state index >= 15 is 0 Å². The average molecular weight is 266 g/mol. The van der Waals surface area contributed by atoms with E-state index in [2.05, 4.69) is 5.32 Å².